The zero-order valence-corrected chi connectivity index (χ0v) is 11.3. The first-order valence-electron chi connectivity index (χ1n) is 4.70. The van der Waals surface area contributed by atoms with Gasteiger partial charge in [-0.2, -0.15) is 0 Å². The first-order valence-corrected chi connectivity index (χ1v) is 6.62. The van der Waals surface area contributed by atoms with Gasteiger partial charge in [0.15, 0.2) is 0 Å². The van der Waals surface area contributed by atoms with Gasteiger partial charge in [0.05, 0.1) is 0 Å². The van der Waals surface area contributed by atoms with Gasteiger partial charge in [-0.3, -0.25) is 0 Å². The third kappa shape index (κ3) is 2.70. The number of hydrogen-bond donors (Lipinski definition) is 0. The van der Waals surface area contributed by atoms with E-state index in [2.05, 4.69) is 80.4 Å². The molecular formula is C13H10Br2. The molecule has 0 bridgehead atoms. The predicted molar refractivity (Wildman–Crippen MR) is 72.2 cm³/mol. The van der Waals surface area contributed by atoms with Gasteiger partial charge in [0.25, 0.3) is 0 Å². The Bertz CT molecular complexity index is 446. The van der Waals surface area contributed by atoms with Crippen LogP contribution in [0, 0.1) is 0 Å². The zero-order chi connectivity index (χ0) is 10.7. The summed E-state index contributed by atoms with van der Waals surface area (Å²) >= 11 is 6.91. The third-order valence-corrected chi connectivity index (χ3v) is 3.43. The van der Waals surface area contributed by atoms with Gasteiger partial charge in [-0.15, -0.1) is 0 Å². The minimum absolute atomic E-state index is 0.900. The molecule has 0 spiro atoms. The minimum Gasteiger partial charge on any atom is -0.0876 e. The van der Waals surface area contributed by atoms with Crippen molar-refractivity contribution in [2.75, 3.05) is 0 Å². The van der Waals surface area contributed by atoms with Crippen LogP contribution in [-0.4, -0.2) is 0 Å². The average molecular weight is 326 g/mol. The summed E-state index contributed by atoms with van der Waals surface area (Å²) in [5, 5.41) is 0.900. The van der Waals surface area contributed by atoms with Crippen LogP contribution in [0.1, 0.15) is 5.56 Å². The number of benzene rings is 2. The Labute approximate surface area is 107 Å². The Morgan fingerprint density at radius 3 is 2.27 bits per heavy atom. The standard InChI is InChI=1S/C13H10Br2/c14-9-10-2-1-3-12(8-10)11-4-6-13(15)7-5-11/h1-8H,9H2. The predicted octanol–water partition coefficient (Wildman–Crippen LogP) is 5.01. The van der Waals surface area contributed by atoms with Gasteiger partial charge in [-0.05, 0) is 28.8 Å². The van der Waals surface area contributed by atoms with E-state index in [0.717, 1.165) is 9.80 Å². The van der Waals surface area contributed by atoms with E-state index in [4.69, 9.17) is 0 Å². The van der Waals surface area contributed by atoms with Gasteiger partial charge >= 0.3 is 0 Å². The maximum atomic E-state index is 3.47. The fraction of sp³-hybridized carbons (Fsp3) is 0.0769. The Balaban J connectivity index is 2.40. The second kappa shape index (κ2) is 4.95. The van der Waals surface area contributed by atoms with Crippen LogP contribution in [0.25, 0.3) is 11.1 Å². The van der Waals surface area contributed by atoms with E-state index < -0.39 is 0 Å². The fourth-order valence-electron chi connectivity index (χ4n) is 1.48. The van der Waals surface area contributed by atoms with E-state index in [1.807, 2.05) is 0 Å². The quantitative estimate of drug-likeness (QED) is 0.681. The first kappa shape index (κ1) is 10.9. The molecule has 0 atom stereocenters. The zero-order valence-electron chi connectivity index (χ0n) is 8.08. The number of alkyl halides is 1. The first-order chi connectivity index (χ1) is 7.29. The van der Waals surface area contributed by atoms with Gasteiger partial charge in [0.2, 0.25) is 0 Å². The van der Waals surface area contributed by atoms with Crippen LogP contribution < -0.4 is 0 Å². The average Bonchev–Trinajstić information content (AvgIpc) is 2.30. The van der Waals surface area contributed by atoms with Crippen LogP contribution in [0.2, 0.25) is 0 Å². The van der Waals surface area contributed by atoms with Crippen LogP contribution in [0.15, 0.2) is 53.0 Å². The molecule has 2 aromatic rings. The maximum Gasteiger partial charge on any atom is 0.0283 e. The van der Waals surface area contributed by atoms with E-state index >= 15 is 0 Å². The van der Waals surface area contributed by atoms with Crippen LogP contribution in [-0.2, 0) is 5.33 Å². The van der Waals surface area contributed by atoms with Gasteiger partial charge in [0.1, 0.15) is 0 Å². The molecule has 0 unspecified atom stereocenters. The van der Waals surface area contributed by atoms with Gasteiger partial charge < -0.3 is 0 Å². The highest BCUT2D eigenvalue weighted by Gasteiger charge is 1.98. The molecule has 0 radical (unpaired) electrons. The van der Waals surface area contributed by atoms with Crippen molar-refractivity contribution >= 4 is 31.9 Å². The topological polar surface area (TPSA) is 0 Å². The third-order valence-electron chi connectivity index (χ3n) is 2.26. The lowest BCUT2D eigenvalue weighted by Crippen LogP contribution is -1.80. The molecule has 0 aliphatic rings. The minimum atomic E-state index is 0.900. The highest BCUT2D eigenvalue weighted by Crippen LogP contribution is 2.23. The molecule has 0 aliphatic carbocycles. The van der Waals surface area contributed by atoms with Crippen molar-refractivity contribution in [2.45, 2.75) is 5.33 Å². The Morgan fingerprint density at radius 1 is 0.867 bits per heavy atom. The second-order valence-electron chi connectivity index (χ2n) is 3.34. The van der Waals surface area contributed by atoms with Gasteiger partial charge in [-0.25, -0.2) is 0 Å². The molecule has 0 aromatic heterocycles. The van der Waals surface area contributed by atoms with Crippen molar-refractivity contribution in [3.63, 3.8) is 0 Å². The molecule has 0 amide bonds. The van der Waals surface area contributed by atoms with Gasteiger partial charge in [-0.1, -0.05) is 68.3 Å². The highest BCUT2D eigenvalue weighted by molar-refractivity contribution is 9.10. The lowest BCUT2D eigenvalue weighted by Gasteiger charge is -2.03. The smallest absolute Gasteiger partial charge is 0.0283 e. The van der Waals surface area contributed by atoms with E-state index in [1.54, 1.807) is 0 Å². The summed E-state index contributed by atoms with van der Waals surface area (Å²) in [4.78, 5) is 0. The molecule has 2 heteroatoms. The molecule has 0 aliphatic heterocycles. The van der Waals surface area contributed by atoms with Crippen LogP contribution >= 0.6 is 31.9 Å². The molecule has 0 saturated carbocycles. The molecule has 0 N–H and O–H groups in total. The summed E-state index contributed by atoms with van der Waals surface area (Å²) < 4.78 is 1.11. The largest absolute Gasteiger partial charge is 0.0876 e. The monoisotopic (exact) mass is 324 g/mol. The van der Waals surface area contributed by atoms with Crippen molar-refractivity contribution in [3.05, 3.63) is 58.6 Å². The van der Waals surface area contributed by atoms with Crippen molar-refractivity contribution < 1.29 is 0 Å². The number of halogens is 2. The fourth-order valence-corrected chi connectivity index (χ4v) is 2.09. The summed E-state index contributed by atoms with van der Waals surface area (Å²) in [7, 11) is 0. The van der Waals surface area contributed by atoms with Crippen molar-refractivity contribution in [2.24, 2.45) is 0 Å². The Morgan fingerprint density at radius 2 is 1.60 bits per heavy atom. The van der Waals surface area contributed by atoms with E-state index in [1.165, 1.54) is 16.7 Å². The van der Waals surface area contributed by atoms with E-state index in [9.17, 15) is 0 Å². The summed E-state index contributed by atoms with van der Waals surface area (Å²) in [5.74, 6) is 0. The van der Waals surface area contributed by atoms with Gasteiger partial charge in [0, 0.05) is 9.80 Å². The SMILES string of the molecule is BrCc1cccc(-c2ccc(Br)cc2)c1. The van der Waals surface area contributed by atoms with E-state index in [-0.39, 0.29) is 0 Å². The Hall–Kier alpha value is -0.600. The Kier molecular flexibility index (Phi) is 3.60. The molecular weight excluding hydrogens is 316 g/mol. The molecule has 76 valence electrons. The summed E-state index contributed by atoms with van der Waals surface area (Å²) in [6.07, 6.45) is 0. The number of rotatable bonds is 2. The molecule has 15 heavy (non-hydrogen) atoms. The summed E-state index contributed by atoms with van der Waals surface area (Å²) in [6, 6.07) is 16.9. The molecule has 0 heterocycles. The van der Waals surface area contributed by atoms with Crippen molar-refractivity contribution in [1.29, 1.82) is 0 Å². The lowest BCUT2D eigenvalue weighted by molar-refractivity contribution is 1.43. The molecule has 0 fully saturated rings. The number of hydrogen-bond acceptors (Lipinski definition) is 0. The second-order valence-corrected chi connectivity index (χ2v) is 4.82. The van der Waals surface area contributed by atoms with Crippen molar-refractivity contribution in [3.8, 4) is 11.1 Å². The molecule has 2 aromatic carbocycles. The van der Waals surface area contributed by atoms with E-state index in [0.29, 0.717) is 0 Å². The summed E-state index contributed by atoms with van der Waals surface area (Å²) in [6.45, 7) is 0. The molecule has 2 rings (SSSR count). The van der Waals surface area contributed by atoms with Crippen LogP contribution in [0.5, 0.6) is 0 Å². The summed E-state index contributed by atoms with van der Waals surface area (Å²) in [5.41, 5.74) is 3.82. The van der Waals surface area contributed by atoms with Crippen molar-refractivity contribution in [1.82, 2.24) is 0 Å². The van der Waals surface area contributed by atoms with Crippen LogP contribution in [0.3, 0.4) is 0 Å². The highest BCUT2D eigenvalue weighted by atomic mass is 79.9. The van der Waals surface area contributed by atoms with Crippen LogP contribution in [0.4, 0.5) is 0 Å². The molecule has 0 saturated heterocycles. The normalized spacial score (nSPS) is 10.3. The molecule has 0 nitrogen and oxygen atoms in total. The lowest BCUT2D eigenvalue weighted by atomic mass is 10.0. The maximum absolute atomic E-state index is 3.47.